The first-order valence-corrected chi connectivity index (χ1v) is 10.3. The summed E-state index contributed by atoms with van der Waals surface area (Å²) in [6.45, 7) is 3.21. The lowest BCUT2D eigenvalue weighted by Crippen LogP contribution is -2.29. The van der Waals surface area contributed by atoms with Crippen molar-refractivity contribution in [3.63, 3.8) is 0 Å². The van der Waals surface area contributed by atoms with Gasteiger partial charge in [-0.3, -0.25) is 9.59 Å². The van der Waals surface area contributed by atoms with E-state index in [4.69, 9.17) is 4.42 Å². The highest BCUT2D eigenvalue weighted by Crippen LogP contribution is 2.47. The summed E-state index contributed by atoms with van der Waals surface area (Å²) in [6, 6.07) is 13.8. The Morgan fingerprint density at radius 2 is 1.93 bits per heavy atom. The van der Waals surface area contributed by atoms with Crippen LogP contribution in [0.5, 0.6) is 0 Å². The summed E-state index contributed by atoms with van der Waals surface area (Å²) in [5.74, 6) is 2.85. The van der Waals surface area contributed by atoms with Crippen molar-refractivity contribution in [1.29, 1.82) is 0 Å². The molecule has 6 nitrogen and oxygen atoms in total. The Labute approximate surface area is 171 Å². The van der Waals surface area contributed by atoms with E-state index < -0.39 is 0 Å². The Bertz CT molecular complexity index is 918. The van der Waals surface area contributed by atoms with Crippen LogP contribution in [0.25, 0.3) is 0 Å². The van der Waals surface area contributed by atoms with Crippen molar-refractivity contribution in [3.8, 4) is 0 Å². The maximum atomic E-state index is 12.5. The standard InChI is InChI=1S/C23H27N3O3/c1-16-14-19(16)21-9-8-18(29-21)15-25(2)22(27)10-11-23(28)26-13-12-20(24-26)17-6-4-3-5-7-17/h3-9,16,19H,10-15H2,1-2H3/t16-,19-/m0/s1. The van der Waals surface area contributed by atoms with Crippen LogP contribution in [0.1, 0.15) is 55.6 Å². The fourth-order valence-corrected chi connectivity index (χ4v) is 3.72. The first kappa shape index (κ1) is 19.4. The van der Waals surface area contributed by atoms with Gasteiger partial charge in [-0.1, -0.05) is 37.3 Å². The quantitative estimate of drug-likeness (QED) is 0.719. The van der Waals surface area contributed by atoms with Crippen LogP contribution < -0.4 is 0 Å². The lowest BCUT2D eigenvalue weighted by molar-refractivity contribution is -0.136. The second-order valence-corrected chi connectivity index (χ2v) is 8.05. The molecule has 0 N–H and O–H groups in total. The Hall–Kier alpha value is -2.89. The van der Waals surface area contributed by atoms with Crippen LogP contribution in [0.3, 0.4) is 0 Å². The van der Waals surface area contributed by atoms with E-state index in [-0.39, 0.29) is 24.7 Å². The molecule has 2 aromatic rings. The zero-order valence-electron chi connectivity index (χ0n) is 17.0. The molecule has 0 radical (unpaired) electrons. The summed E-state index contributed by atoms with van der Waals surface area (Å²) in [5.41, 5.74) is 1.96. The normalized spacial score (nSPS) is 20.5. The monoisotopic (exact) mass is 393 g/mol. The van der Waals surface area contributed by atoms with Gasteiger partial charge in [-0.05, 0) is 30.0 Å². The van der Waals surface area contributed by atoms with Crippen LogP contribution in [0.4, 0.5) is 0 Å². The van der Waals surface area contributed by atoms with Gasteiger partial charge in [0.05, 0.1) is 18.8 Å². The van der Waals surface area contributed by atoms with Gasteiger partial charge in [-0.2, -0.15) is 5.10 Å². The lowest BCUT2D eigenvalue weighted by atomic mass is 10.1. The molecule has 2 heterocycles. The highest BCUT2D eigenvalue weighted by Gasteiger charge is 2.36. The van der Waals surface area contributed by atoms with Gasteiger partial charge in [0.2, 0.25) is 11.8 Å². The van der Waals surface area contributed by atoms with E-state index in [1.54, 1.807) is 11.9 Å². The molecule has 4 rings (SSSR count). The van der Waals surface area contributed by atoms with Crippen LogP contribution in [0.2, 0.25) is 0 Å². The van der Waals surface area contributed by atoms with Gasteiger partial charge in [-0.15, -0.1) is 0 Å². The molecule has 0 saturated heterocycles. The average Bonchev–Trinajstić information content (AvgIpc) is 3.14. The van der Waals surface area contributed by atoms with Gasteiger partial charge < -0.3 is 9.32 Å². The van der Waals surface area contributed by atoms with Crippen LogP contribution in [-0.2, 0) is 16.1 Å². The predicted octanol–water partition coefficient (Wildman–Crippen LogP) is 3.78. The molecule has 2 amide bonds. The Balaban J connectivity index is 1.25. The van der Waals surface area contributed by atoms with E-state index in [9.17, 15) is 9.59 Å². The SMILES string of the molecule is C[C@H]1C[C@@H]1c1ccc(CN(C)C(=O)CCC(=O)N2CCC(c3ccccc3)=N2)o1. The van der Waals surface area contributed by atoms with Crippen molar-refractivity contribution >= 4 is 17.5 Å². The number of carbonyl (C=O) groups excluding carboxylic acids is 2. The molecule has 1 aromatic carbocycles. The first-order chi connectivity index (χ1) is 14.0. The molecule has 2 atom stereocenters. The largest absolute Gasteiger partial charge is 0.464 e. The maximum absolute atomic E-state index is 12.5. The van der Waals surface area contributed by atoms with Crippen LogP contribution >= 0.6 is 0 Å². The van der Waals surface area contributed by atoms with Crippen molar-refractivity contribution in [2.24, 2.45) is 11.0 Å². The topological polar surface area (TPSA) is 66.1 Å². The third kappa shape index (κ3) is 4.58. The van der Waals surface area contributed by atoms with Crippen LogP contribution in [0.15, 0.2) is 52.0 Å². The molecule has 2 aliphatic rings. The van der Waals surface area contributed by atoms with Gasteiger partial charge >= 0.3 is 0 Å². The number of amides is 2. The third-order valence-corrected chi connectivity index (χ3v) is 5.73. The molecular formula is C23H27N3O3. The molecule has 6 heteroatoms. The molecule has 1 aliphatic heterocycles. The van der Waals surface area contributed by atoms with Gasteiger partial charge in [0.1, 0.15) is 11.5 Å². The molecule has 1 aromatic heterocycles. The first-order valence-electron chi connectivity index (χ1n) is 10.3. The fourth-order valence-electron chi connectivity index (χ4n) is 3.72. The van der Waals surface area contributed by atoms with Gasteiger partial charge in [0.15, 0.2) is 0 Å². The van der Waals surface area contributed by atoms with E-state index >= 15 is 0 Å². The summed E-state index contributed by atoms with van der Waals surface area (Å²) >= 11 is 0. The summed E-state index contributed by atoms with van der Waals surface area (Å²) in [5, 5.41) is 5.93. The number of benzene rings is 1. The Morgan fingerprint density at radius 1 is 1.17 bits per heavy atom. The maximum Gasteiger partial charge on any atom is 0.243 e. The van der Waals surface area contributed by atoms with E-state index in [1.807, 2.05) is 42.5 Å². The molecule has 1 saturated carbocycles. The minimum atomic E-state index is -0.110. The zero-order chi connectivity index (χ0) is 20.4. The van der Waals surface area contributed by atoms with Gasteiger partial charge in [-0.25, -0.2) is 5.01 Å². The molecule has 0 bridgehead atoms. The number of hydrogen-bond acceptors (Lipinski definition) is 4. The second-order valence-electron chi connectivity index (χ2n) is 8.05. The van der Waals surface area contributed by atoms with Crippen molar-refractivity contribution < 1.29 is 14.0 Å². The molecule has 1 fully saturated rings. The number of rotatable bonds is 7. The third-order valence-electron chi connectivity index (χ3n) is 5.73. The highest BCUT2D eigenvalue weighted by molar-refractivity contribution is 6.02. The van der Waals surface area contributed by atoms with Crippen LogP contribution in [-0.4, -0.2) is 41.0 Å². The minimum Gasteiger partial charge on any atom is -0.464 e. The van der Waals surface area contributed by atoms with Crippen molar-refractivity contribution in [2.45, 2.75) is 45.1 Å². The Kier molecular flexibility index (Phi) is 5.51. The predicted molar refractivity (Wildman–Crippen MR) is 110 cm³/mol. The number of hydrogen-bond donors (Lipinski definition) is 0. The number of hydrazone groups is 1. The number of carbonyl (C=O) groups is 2. The van der Waals surface area contributed by atoms with E-state index in [1.165, 1.54) is 11.4 Å². The van der Waals surface area contributed by atoms with Gasteiger partial charge in [0.25, 0.3) is 0 Å². The Morgan fingerprint density at radius 3 is 2.66 bits per heavy atom. The molecule has 152 valence electrons. The number of furan rings is 1. The van der Waals surface area contributed by atoms with E-state index in [0.717, 1.165) is 29.2 Å². The van der Waals surface area contributed by atoms with E-state index in [2.05, 4.69) is 12.0 Å². The zero-order valence-corrected chi connectivity index (χ0v) is 17.0. The van der Waals surface area contributed by atoms with Crippen molar-refractivity contribution in [1.82, 2.24) is 9.91 Å². The minimum absolute atomic E-state index is 0.0671. The highest BCUT2D eigenvalue weighted by atomic mass is 16.3. The summed E-state index contributed by atoms with van der Waals surface area (Å²) < 4.78 is 5.87. The van der Waals surface area contributed by atoms with Gasteiger partial charge in [0, 0.05) is 32.2 Å². The average molecular weight is 393 g/mol. The second kappa shape index (κ2) is 8.23. The molecule has 1 aliphatic carbocycles. The molecule has 0 unspecified atom stereocenters. The number of nitrogens with zero attached hydrogens (tertiary/aromatic N) is 3. The molecular weight excluding hydrogens is 366 g/mol. The molecule has 29 heavy (non-hydrogen) atoms. The summed E-state index contributed by atoms with van der Waals surface area (Å²) in [4.78, 5) is 26.5. The summed E-state index contributed by atoms with van der Waals surface area (Å²) in [7, 11) is 1.75. The van der Waals surface area contributed by atoms with E-state index in [0.29, 0.717) is 24.9 Å². The molecule has 0 spiro atoms. The van der Waals surface area contributed by atoms with Crippen molar-refractivity contribution in [2.75, 3.05) is 13.6 Å². The fraction of sp³-hybridized carbons (Fsp3) is 0.435. The smallest absolute Gasteiger partial charge is 0.243 e. The van der Waals surface area contributed by atoms with Crippen LogP contribution in [0, 0.1) is 5.92 Å². The van der Waals surface area contributed by atoms with Crippen molar-refractivity contribution in [3.05, 3.63) is 59.5 Å². The lowest BCUT2D eigenvalue weighted by Gasteiger charge is -2.16. The summed E-state index contributed by atoms with van der Waals surface area (Å²) in [6.07, 6.45) is 2.26.